The molecule has 1 aromatic rings. The maximum atomic E-state index is 11.8. The van der Waals surface area contributed by atoms with Gasteiger partial charge in [0.25, 0.3) is 0 Å². The Morgan fingerprint density at radius 2 is 2.00 bits per heavy atom. The van der Waals surface area contributed by atoms with E-state index in [1.165, 1.54) is 6.07 Å². The number of nitrogens with zero attached hydrogens (tertiary/aromatic N) is 1. The molecule has 1 rings (SSSR count). The summed E-state index contributed by atoms with van der Waals surface area (Å²) in [5, 5.41) is 9.52. The predicted molar refractivity (Wildman–Crippen MR) is 80.8 cm³/mol. The molecule has 5 heteroatoms. The van der Waals surface area contributed by atoms with Crippen LogP contribution in [0.2, 0.25) is 0 Å². The van der Waals surface area contributed by atoms with E-state index in [1.807, 2.05) is 13.8 Å². The fourth-order valence-corrected chi connectivity index (χ4v) is 2.07. The second-order valence-electron chi connectivity index (χ2n) is 4.68. The van der Waals surface area contributed by atoms with Crippen LogP contribution in [0, 0.1) is 0 Å². The lowest BCUT2D eigenvalue weighted by Crippen LogP contribution is -2.30. The number of unbranched alkanes of at least 4 members (excludes halogenated alkanes) is 1. The van der Waals surface area contributed by atoms with Crippen molar-refractivity contribution in [3.63, 3.8) is 0 Å². The summed E-state index contributed by atoms with van der Waals surface area (Å²) in [4.78, 5) is 24.5. The number of phenolic OH excluding ortho intramolecular Hbond substituents is 1. The fraction of sp³-hybridized carbons (Fsp3) is 0.500. The van der Waals surface area contributed by atoms with Crippen molar-refractivity contribution in [1.82, 2.24) is 4.90 Å². The fourth-order valence-electron chi connectivity index (χ4n) is 2.07. The summed E-state index contributed by atoms with van der Waals surface area (Å²) in [5.41, 5.74) is 0.164. The molecule has 116 valence electrons. The molecule has 0 aliphatic carbocycles. The lowest BCUT2D eigenvalue weighted by molar-refractivity contribution is -0.130. The smallest absolute Gasteiger partial charge is 0.222 e. The summed E-state index contributed by atoms with van der Waals surface area (Å²) in [5.74, 6) is 0.449. The highest BCUT2D eigenvalue weighted by molar-refractivity contribution is 5.83. The van der Waals surface area contributed by atoms with Crippen LogP contribution >= 0.6 is 0 Å². The topological polar surface area (TPSA) is 66.8 Å². The minimum Gasteiger partial charge on any atom is -0.507 e. The zero-order chi connectivity index (χ0) is 15.7. The summed E-state index contributed by atoms with van der Waals surface area (Å²) in [6.45, 7) is 5.81. The maximum Gasteiger partial charge on any atom is 0.222 e. The second-order valence-corrected chi connectivity index (χ2v) is 4.68. The monoisotopic (exact) mass is 293 g/mol. The van der Waals surface area contributed by atoms with Crippen LogP contribution in [0.4, 0.5) is 0 Å². The third kappa shape index (κ3) is 5.10. The number of ether oxygens (including phenoxy) is 1. The Morgan fingerprint density at radius 3 is 2.62 bits per heavy atom. The van der Waals surface area contributed by atoms with Gasteiger partial charge in [0.2, 0.25) is 5.91 Å². The van der Waals surface area contributed by atoms with Gasteiger partial charge in [0.1, 0.15) is 11.5 Å². The summed E-state index contributed by atoms with van der Waals surface area (Å²) in [6.07, 6.45) is 2.55. The van der Waals surface area contributed by atoms with E-state index in [0.717, 1.165) is 25.9 Å². The number of amides is 1. The average molecular weight is 293 g/mol. The van der Waals surface area contributed by atoms with Gasteiger partial charge in [0, 0.05) is 19.5 Å². The molecular formula is C16H23NO4. The van der Waals surface area contributed by atoms with Crippen LogP contribution in [0.15, 0.2) is 18.2 Å². The predicted octanol–water partition coefficient (Wildman–Crippen LogP) is 2.62. The van der Waals surface area contributed by atoms with Crippen molar-refractivity contribution >= 4 is 12.2 Å². The molecule has 0 radical (unpaired) electrons. The molecule has 0 aliphatic heterocycles. The molecule has 0 unspecified atom stereocenters. The number of rotatable bonds is 9. The van der Waals surface area contributed by atoms with Crippen molar-refractivity contribution in [2.45, 2.75) is 33.1 Å². The molecule has 0 aliphatic rings. The highest BCUT2D eigenvalue weighted by atomic mass is 16.5. The molecule has 0 bridgehead atoms. The Hall–Kier alpha value is -2.04. The number of carbonyl (C=O) groups is 2. The lowest BCUT2D eigenvalue weighted by atomic mass is 10.2. The van der Waals surface area contributed by atoms with Gasteiger partial charge in [-0.1, -0.05) is 6.07 Å². The maximum absolute atomic E-state index is 11.8. The van der Waals surface area contributed by atoms with Crippen molar-refractivity contribution in [2.75, 3.05) is 19.7 Å². The van der Waals surface area contributed by atoms with Crippen molar-refractivity contribution in [2.24, 2.45) is 0 Å². The first-order valence-corrected chi connectivity index (χ1v) is 7.31. The Balaban J connectivity index is 2.34. The Morgan fingerprint density at radius 1 is 1.29 bits per heavy atom. The van der Waals surface area contributed by atoms with E-state index < -0.39 is 0 Å². The molecule has 0 saturated heterocycles. The highest BCUT2D eigenvalue weighted by Crippen LogP contribution is 2.25. The van der Waals surface area contributed by atoms with Crippen LogP contribution in [-0.4, -0.2) is 41.9 Å². The lowest BCUT2D eigenvalue weighted by Gasteiger charge is -2.18. The van der Waals surface area contributed by atoms with Gasteiger partial charge in [-0.25, -0.2) is 0 Å². The molecule has 0 spiro atoms. The SMILES string of the molecule is CCN(CC)C(=O)CCCCOc1cccc(O)c1C=O. The van der Waals surface area contributed by atoms with Crippen molar-refractivity contribution in [3.05, 3.63) is 23.8 Å². The zero-order valence-electron chi connectivity index (χ0n) is 12.7. The molecule has 0 heterocycles. The van der Waals surface area contributed by atoms with E-state index in [4.69, 9.17) is 4.74 Å². The van der Waals surface area contributed by atoms with Crippen LogP contribution in [0.3, 0.4) is 0 Å². The second kappa shape index (κ2) is 9.00. The molecule has 0 atom stereocenters. The van der Waals surface area contributed by atoms with Gasteiger partial charge in [-0.05, 0) is 38.8 Å². The zero-order valence-corrected chi connectivity index (χ0v) is 12.7. The summed E-state index contributed by atoms with van der Waals surface area (Å²) >= 11 is 0. The highest BCUT2D eigenvalue weighted by Gasteiger charge is 2.10. The normalized spacial score (nSPS) is 10.2. The largest absolute Gasteiger partial charge is 0.507 e. The van der Waals surface area contributed by atoms with Gasteiger partial charge < -0.3 is 14.7 Å². The average Bonchev–Trinajstić information content (AvgIpc) is 2.48. The number of phenols is 1. The van der Waals surface area contributed by atoms with Gasteiger partial charge in [-0.3, -0.25) is 9.59 Å². The molecule has 1 aromatic carbocycles. The van der Waals surface area contributed by atoms with Gasteiger partial charge in [-0.15, -0.1) is 0 Å². The Kier molecular flexibility index (Phi) is 7.29. The first-order chi connectivity index (χ1) is 10.1. The third-order valence-electron chi connectivity index (χ3n) is 3.32. The minimum absolute atomic E-state index is 0.0841. The number of carbonyl (C=O) groups excluding carboxylic acids is 2. The van der Waals surface area contributed by atoms with E-state index in [2.05, 4.69) is 0 Å². The van der Waals surface area contributed by atoms with Gasteiger partial charge in [0.15, 0.2) is 6.29 Å². The van der Waals surface area contributed by atoms with Crippen LogP contribution in [0.1, 0.15) is 43.5 Å². The molecule has 0 aromatic heterocycles. The van der Waals surface area contributed by atoms with Crippen LogP contribution in [0.5, 0.6) is 11.5 Å². The molecule has 0 fully saturated rings. The van der Waals surface area contributed by atoms with E-state index >= 15 is 0 Å². The quantitative estimate of drug-likeness (QED) is 0.561. The molecular weight excluding hydrogens is 270 g/mol. The summed E-state index contributed by atoms with van der Waals surface area (Å²) in [7, 11) is 0. The van der Waals surface area contributed by atoms with Crippen LogP contribution in [-0.2, 0) is 4.79 Å². The summed E-state index contributed by atoms with van der Waals surface area (Å²) < 4.78 is 5.49. The van der Waals surface area contributed by atoms with Gasteiger partial charge in [0.05, 0.1) is 12.2 Å². The Labute approximate surface area is 125 Å². The number of benzene rings is 1. The van der Waals surface area contributed by atoms with Gasteiger partial charge >= 0.3 is 0 Å². The molecule has 1 amide bonds. The number of hydrogen-bond donors (Lipinski definition) is 1. The standard InChI is InChI=1S/C16H23NO4/c1-3-17(4-2)16(20)10-5-6-11-21-15-9-7-8-14(19)13(15)12-18/h7-9,12,19H,3-6,10-11H2,1-2H3. The summed E-state index contributed by atoms with van der Waals surface area (Å²) in [6, 6.07) is 4.71. The van der Waals surface area contributed by atoms with Crippen molar-refractivity contribution in [3.8, 4) is 11.5 Å². The van der Waals surface area contributed by atoms with Crippen molar-refractivity contribution in [1.29, 1.82) is 0 Å². The van der Waals surface area contributed by atoms with Crippen molar-refractivity contribution < 1.29 is 19.4 Å². The first kappa shape index (κ1) is 17.0. The molecule has 21 heavy (non-hydrogen) atoms. The minimum atomic E-state index is -0.0841. The molecule has 0 saturated carbocycles. The van der Waals surface area contributed by atoms with Crippen LogP contribution in [0.25, 0.3) is 0 Å². The molecule has 5 nitrogen and oxygen atoms in total. The van der Waals surface area contributed by atoms with E-state index in [9.17, 15) is 14.7 Å². The number of aromatic hydroxyl groups is 1. The van der Waals surface area contributed by atoms with E-state index in [0.29, 0.717) is 25.1 Å². The first-order valence-electron chi connectivity index (χ1n) is 7.31. The Bertz CT molecular complexity index is 469. The number of hydrogen-bond acceptors (Lipinski definition) is 4. The van der Waals surface area contributed by atoms with Gasteiger partial charge in [-0.2, -0.15) is 0 Å². The van der Waals surface area contributed by atoms with E-state index in [-0.39, 0.29) is 17.2 Å². The number of aldehydes is 1. The molecule has 1 N–H and O–H groups in total. The third-order valence-corrected chi connectivity index (χ3v) is 3.32. The van der Waals surface area contributed by atoms with Crippen LogP contribution < -0.4 is 4.74 Å². The van der Waals surface area contributed by atoms with E-state index in [1.54, 1.807) is 17.0 Å².